The van der Waals surface area contributed by atoms with Crippen LogP contribution >= 0.6 is 11.6 Å². The molecular weight excluding hydrogens is 340 g/mol. The van der Waals surface area contributed by atoms with Gasteiger partial charge in [-0.1, -0.05) is 29.8 Å². The number of benzene rings is 2. The number of esters is 1. The maximum absolute atomic E-state index is 12.1. The molecule has 25 heavy (non-hydrogen) atoms. The van der Waals surface area contributed by atoms with Gasteiger partial charge >= 0.3 is 5.97 Å². The van der Waals surface area contributed by atoms with Crippen molar-refractivity contribution in [1.82, 2.24) is 0 Å². The molecule has 1 atom stereocenters. The van der Waals surface area contributed by atoms with Crippen LogP contribution in [-0.4, -0.2) is 18.0 Å². The zero-order valence-corrected chi connectivity index (χ0v) is 14.2. The number of ether oxygens (including phenoxy) is 1. The molecule has 0 saturated carbocycles. The summed E-state index contributed by atoms with van der Waals surface area (Å²) in [6, 6.07) is 15.4. The Labute approximate surface area is 150 Å². The van der Waals surface area contributed by atoms with Gasteiger partial charge in [0.25, 0.3) is 5.91 Å². The molecule has 0 aliphatic heterocycles. The molecule has 0 spiro atoms. The molecule has 5 nitrogen and oxygen atoms in total. The van der Waals surface area contributed by atoms with E-state index in [2.05, 4.69) is 5.32 Å². The molecule has 0 aliphatic carbocycles. The molecule has 2 aromatic rings. The van der Waals surface area contributed by atoms with E-state index in [1.54, 1.807) is 48.5 Å². The van der Waals surface area contributed by atoms with Gasteiger partial charge in [-0.3, -0.25) is 4.79 Å². The summed E-state index contributed by atoms with van der Waals surface area (Å²) in [5.41, 5.74) is 1.63. The van der Waals surface area contributed by atoms with Crippen molar-refractivity contribution in [1.29, 1.82) is 5.26 Å². The van der Waals surface area contributed by atoms with Crippen molar-refractivity contribution in [3.63, 3.8) is 0 Å². The van der Waals surface area contributed by atoms with Crippen LogP contribution < -0.4 is 5.32 Å². The van der Waals surface area contributed by atoms with Crippen molar-refractivity contribution in [3.8, 4) is 6.07 Å². The Kier molecular flexibility index (Phi) is 6.33. The molecule has 1 N–H and O–H groups in total. The summed E-state index contributed by atoms with van der Waals surface area (Å²) in [5, 5.41) is 12.0. The summed E-state index contributed by atoms with van der Waals surface area (Å²) in [4.78, 5) is 23.9. The second-order valence-electron chi connectivity index (χ2n) is 5.15. The number of hydrogen-bond acceptors (Lipinski definition) is 4. The number of nitrogens with zero attached hydrogens (tertiary/aromatic N) is 1. The lowest BCUT2D eigenvalue weighted by atomic mass is 10.2. The molecule has 0 aliphatic rings. The van der Waals surface area contributed by atoms with Crippen LogP contribution in [0.1, 0.15) is 18.1 Å². The first-order valence-corrected chi connectivity index (χ1v) is 7.81. The third-order valence-corrected chi connectivity index (χ3v) is 3.42. The fourth-order valence-corrected chi connectivity index (χ4v) is 2.15. The number of nitrogens with one attached hydrogen (secondary N) is 1. The van der Waals surface area contributed by atoms with Crippen LogP contribution in [0.2, 0.25) is 5.02 Å². The van der Waals surface area contributed by atoms with Crippen LogP contribution in [0.15, 0.2) is 54.6 Å². The Morgan fingerprint density at radius 3 is 2.72 bits per heavy atom. The highest BCUT2D eigenvalue weighted by Crippen LogP contribution is 2.13. The fourth-order valence-electron chi connectivity index (χ4n) is 1.95. The largest absolute Gasteiger partial charge is 0.449 e. The van der Waals surface area contributed by atoms with E-state index >= 15 is 0 Å². The van der Waals surface area contributed by atoms with E-state index in [0.717, 1.165) is 5.56 Å². The van der Waals surface area contributed by atoms with Crippen LogP contribution in [0, 0.1) is 11.3 Å². The quantitative estimate of drug-likeness (QED) is 0.654. The first kappa shape index (κ1) is 18.2. The number of carbonyl (C=O) groups is 2. The zero-order chi connectivity index (χ0) is 18.2. The minimum Gasteiger partial charge on any atom is -0.449 e. The monoisotopic (exact) mass is 354 g/mol. The number of amides is 1. The molecule has 0 bridgehead atoms. The first-order chi connectivity index (χ1) is 12.0. The second-order valence-corrected chi connectivity index (χ2v) is 5.59. The van der Waals surface area contributed by atoms with Crippen molar-refractivity contribution in [2.24, 2.45) is 0 Å². The van der Waals surface area contributed by atoms with Gasteiger partial charge < -0.3 is 10.1 Å². The van der Waals surface area contributed by atoms with Gasteiger partial charge in [-0.15, -0.1) is 0 Å². The lowest BCUT2D eigenvalue weighted by molar-refractivity contribution is -0.148. The topological polar surface area (TPSA) is 79.2 Å². The lowest BCUT2D eigenvalue weighted by Gasteiger charge is -2.12. The highest BCUT2D eigenvalue weighted by molar-refractivity contribution is 6.30. The molecule has 126 valence electrons. The van der Waals surface area contributed by atoms with E-state index < -0.39 is 18.0 Å². The maximum Gasteiger partial charge on any atom is 0.331 e. The van der Waals surface area contributed by atoms with Crippen molar-refractivity contribution in [3.05, 3.63) is 70.8 Å². The molecule has 2 aromatic carbocycles. The molecule has 0 heterocycles. The minimum absolute atomic E-state index is 0.423. The molecule has 0 fully saturated rings. The third-order valence-electron chi connectivity index (χ3n) is 3.18. The van der Waals surface area contributed by atoms with Crippen LogP contribution in [-0.2, 0) is 14.3 Å². The van der Waals surface area contributed by atoms with Crippen molar-refractivity contribution in [2.75, 3.05) is 5.32 Å². The van der Waals surface area contributed by atoms with Gasteiger partial charge in [0.2, 0.25) is 0 Å². The summed E-state index contributed by atoms with van der Waals surface area (Å²) in [5.74, 6) is -1.13. The van der Waals surface area contributed by atoms with Crippen molar-refractivity contribution < 1.29 is 14.3 Å². The molecule has 0 aromatic heterocycles. The summed E-state index contributed by atoms with van der Waals surface area (Å²) < 4.78 is 5.06. The summed E-state index contributed by atoms with van der Waals surface area (Å²) in [7, 11) is 0. The average Bonchev–Trinajstić information content (AvgIpc) is 2.60. The van der Waals surface area contributed by atoms with Gasteiger partial charge in [0.1, 0.15) is 0 Å². The number of halogens is 1. The Hall–Kier alpha value is -3.10. The Balaban J connectivity index is 1.91. The van der Waals surface area contributed by atoms with E-state index in [0.29, 0.717) is 16.3 Å². The number of hydrogen-bond donors (Lipinski definition) is 1. The van der Waals surface area contributed by atoms with Crippen LogP contribution in [0.4, 0.5) is 5.69 Å². The minimum atomic E-state index is -0.984. The summed E-state index contributed by atoms with van der Waals surface area (Å²) in [6.45, 7) is 1.47. The molecule has 0 radical (unpaired) electrons. The number of carbonyl (C=O) groups excluding carboxylic acids is 2. The average molecular weight is 355 g/mol. The first-order valence-electron chi connectivity index (χ1n) is 7.43. The highest BCUT2D eigenvalue weighted by atomic mass is 35.5. The second kappa shape index (κ2) is 8.67. The molecule has 6 heteroatoms. The van der Waals surface area contributed by atoms with Crippen molar-refractivity contribution in [2.45, 2.75) is 13.0 Å². The number of rotatable bonds is 5. The third kappa shape index (κ3) is 5.79. The normalized spacial score (nSPS) is 11.6. The molecule has 2 rings (SSSR count). The Morgan fingerprint density at radius 1 is 1.24 bits per heavy atom. The van der Waals surface area contributed by atoms with Gasteiger partial charge in [0.05, 0.1) is 11.6 Å². The maximum atomic E-state index is 12.1. The van der Waals surface area contributed by atoms with E-state index in [-0.39, 0.29) is 0 Å². The standard InChI is InChI=1S/C19H15ClN2O3/c1-13(19(24)22-17-7-3-5-15(11-17)12-21)25-18(23)9-8-14-4-2-6-16(20)10-14/h2-11,13H,1H3,(H,22,24)/b9-8+/t13-/m0/s1. The van der Waals surface area contributed by atoms with Crippen molar-refractivity contribution >= 4 is 35.2 Å². The smallest absolute Gasteiger partial charge is 0.331 e. The van der Waals surface area contributed by atoms with E-state index in [4.69, 9.17) is 21.6 Å². The Morgan fingerprint density at radius 2 is 2.00 bits per heavy atom. The van der Waals surface area contributed by atoms with Gasteiger partial charge in [0, 0.05) is 16.8 Å². The molecule has 0 unspecified atom stereocenters. The lowest BCUT2D eigenvalue weighted by Crippen LogP contribution is -2.29. The molecule has 0 saturated heterocycles. The van der Waals surface area contributed by atoms with Gasteiger partial charge in [-0.2, -0.15) is 5.26 Å². The van der Waals surface area contributed by atoms with Crippen LogP contribution in [0.3, 0.4) is 0 Å². The summed E-state index contributed by atoms with van der Waals surface area (Å²) in [6.07, 6.45) is 1.79. The van der Waals surface area contributed by atoms with E-state index in [9.17, 15) is 9.59 Å². The van der Waals surface area contributed by atoms with Gasteiger partial charge in [-0.05, 0) is 48.9 Å². The van der Waals surface area contributed by atoms with Gasteiger partial charge in [-0.25, -0.2) is 4.79 Å². The Bertz CT molecular complexity index is 856. The highest BCUT2D eigenvalue weighted by Gasteiger charge is 2.16. The molecule has 1 amide bonds. The predicted octanol–water partition coefficient (Wildman–Crippen LogP) is 3.80. The van der Waals surface area contributed by atoms with E-state index in [1.807, 2.05) is 6.07 Å². The number of anilines is 1. The summed E-state index contributed by atoms with van der Waals surface area (Å²) >= 11 is 5.86. The SMILES string of the molecule is C[C@H](OC(=O)/C=C/c1cccc(Cl)c1)C(=O)Nc1cccc(C#N)c1. The predicted molar refractivity (Wildman–Crippen MR) is 95.8 cm³/mol. The molecular formula is C19H15ClN2O3. The fraction of sp³-hybridized carbons (Fsp3) is 0.105. The van der Waals surface area contributed by atoms with Gasteiger partial charge in [0.15, 0.2) is 6.10 Å². The van der Waals surface area contributed by atoms with E-state index in [1.165, 1.54) is 19.1 Å². The van der Waals surface area contributed by atoms with Crippen LogP contribution in [0.5, 0.6) is 0 Å². The van der Waals surface area contributed by atoms with Crippen LogP contribution in [0.25, 0.3) is 6.08 Å². The zero-order valence-electron chi connectivity index (χ0n) is 13.4. The number of nitriles is 1.